The van der Waals surface area contributed by atoms with Crippen LogP contribution in [0.1, 0.15) is 11.1 Å². The van der Waals surface area contributed by atoms with E-state index in [2.05, 4.69) is 230 Å². The van der Waals surface area contributed by atoms with E-state index in [1.807, 2.05) is 11.3 Å². The normalized spacial score (nSPS) is 11.6. The Balaban J connectivity index is 1.10. The van der Waals surface area contributed by atoms with Crippen LogP contribution in [0.25, 0.3) is 81.0 Å². The van der Waals surface area contributed by atoms with Crippen molar-refractivity contribution in [1.29, 1.82) is 0 Å². The van der Waals surface area contributed by atoms with Crippen molar-refractivity contribution in [2.75, 3.05) is 4.90 Å². The van der Waals surface area contributed by atoms with Crippen molar-refractivity contribution in [3.8, 4) is 39.1 Å². The number of thiophene rings is 1. The summed E-state index contributed by atoms with van der Waals surface area (Å²) < 4.78 is 5.10. The van der Waals surface area contributed by atoms with Crippen LogP contribution in [0.15, 0.2) is 206 Å². The molecule has 0 saturated heterocycles. The smallest absolute Gasteiger partial charge is 0.0561 e. The maximum atomic E-state index is 2.44. The molecule has 0 atom stereocenters. The second-order valence-corrected chi connectivity index (χ2v) is 16.6. The summed E-state index contributed by atoms with van der Waals surface area (Å²) in [6, 6.07) is 75.7. The quantitative estimate of drug-likeness (QED) is 0.157. The van der Waals surface area contributed by atoms with Crippen molar-refractivity contribution in [2.24, 2.45) is 0 Å². The van der Waals surface area contributed by atoms with Crippen LogP contribution in [0.5, 0.6) is 0 Å². The zero-order valence-electron chi connectivity index (χ0n) is 32.9. The lowest BCUT2D eigenvalue weighted by Gasteiger charge is -2.28. The zero-order valence-corrected chi connectivity index (χ0v) is 33.7. The second-order valence-electron chi connectivity index (χ2n) is 15.6. The van der Waals surface area contributed by atoms with Crippen LogP contribution in [0, 0.1) is 13.8 Å². The molecule has 0 aliphatic carbocycles. The molecule has 3 heteroatoms. The number of fused-ring (bicyclic) bond motifs is 6. The largest absolute Gasteiger partial charge is 0.310 e. The number of benzene rings is 9. The number of nitrogens with zero attached hydrogens (tertiary/aromatic N) is 2. The van der Waals surface area contributed by atoms with Crippen molar-refractivity contribution in [2.45, 2.75) is 13.8 Å². The molecule has 59 heavy (non-hydrogen) atoms. The number of rotatable bonds is 7. The predicted molar refractivity (Wildman–Crippen MR) is 254 cm³/mol. The average molecular weight is 773 g/mol. The van der Waals surface area contributed by atoms with Gasteiger partial charge in [0.15, 0.2) is 0 Å². The fourth-order valence-corrected chi connectivity index (χ4v) is 10.2. The summed E-state index contributed by atoms with van der Waals surface area (Å²) in [7, 11) is 0. The molecule has 0 radical (unpaired) electrons. The third-order valence-electron chi connectivity index (χ3n) is 11.6. The summed E-state index contributed by atoms with van der Waals surface area (Å²) in [5.41, 5.74) is 16.6. The molecule has 0 saturated carbocycles. The number of hydrogen-bond donors (Lipinski definition) is 0. The second kappa shape index (κ2) is 14.3. The Morgan fingerprint density at radius 3 is 1.63 bits per heavy atom. The van der Waals surface area contributed by atoms with Crippen LogP contribution in [-0.4, -0.2) is 4.57 Å². The number of hydrogen-bond acceptors (Lipinski definition) is 2. The minimum atomic E-state index is 1.10. The van der Waals surface area contributed by atoms with Crippen molar-refractivity contribution in [3.63, 3.8) is 0 Å². The van der Waals surface area contributed by atoms with Gasteiger partial charge in [0.2, 0.25) is 0 Å². The average Bonchev–Trinajstić information content (AvgIpc) is 3.83. The Morgan fingerprint density at radius 1 is 0.373 bits per heavy atom. The Bertz CT molecular complexity index is 3250. The lowest BCUT2D eigenvalue weighted by molar-refractivity contribution is 1.18. The Kier molecular flexibility index (Phi) is 8.49. The molecule has 0 N–H and O–H groups in total. The highest BCUT2D eigenvalue weighted by molar-refractivity contribution is 7.26. The van der Waals surface area contributed by atoms with Gasteiger partial charge in [-0.15, -0.1) is 11.3 Å². The molecule has 9 aromatic carbocycles. The summed E-state index contributed by atoms with van der Waals surface area (Å²) in [6.07, 6.45) is 0. The van der Waals surface area contributed by atoms with Gasteiger partial charge in [-0.3, -0.25) is 0 Å². The van der Waals surface area contributed by atoms with Gasteiger partial charge in [0.1, 0.15) is 0 Å². The van der Waals surface area contributed by atoms with Gasteiger partial charge in [-0.1, -0.05) is 146 Å². The van der Waals surface area contributed by atoms with Gasteiger partial charge in [0.05, 0.1) is 11.0 Å². The van der Waals surface area contributed by atoms with Crippen molar-refractivity contribution in [3.05, 3.63) is 217 Å². The molecule has 2 nitrogen and oxygen atoms in total. The first-order chi connectivity index (χ1) is 29.1. The molecule has 11 aromatic rings. The summed E-state index contributed by atoms with van der Waals surface area (Å²) in [5.74, 6) is 0. The van der Waals surface area contributed by atoms with Gasteiger partial charge >= 0.3 is 0 Å². The van der Waals surface area contributed by atoms with Crippen LogP contribution < -0.4 is 4.90 Å². The lowest BCUT2D eigenvalue weighted by atomic mass is 9.99. The number of aryl methyl sites for hydroxylation is 2. The Morgan fingerprint density at radius 2 is 0.949 bits per heavy atom. The molecule has 0 bridgehead atoms. The maximum absolute atomic E-state index is 2.44. The van der Waals surface area contributed by atoms with Gasteiger partial charge in [-0.05, 0) is 119 Å². The molecule has 280 valence electrons. The molecule has 2 heterocycles. The third kappa shape index (κ3) is 6.19. The molecular formula is C56H40N2S. The molecule has 0 amide bonds. The lowest BCUT2D eigenvalue weighted by Crippen LogP contribution is -2.11. The van der Waals surface area contributed by atoms with E-state index in [1.165, 1.54) is 86.5 Å². The molecular weight excluding hydrogens is 733 g/mol. The Labute approximate surface area is 348 Å². The third-order valence-corrected chi connectivity index (χ3v) is 12.8. The topological polar surface area (TPSA) is 8.17 Å². The van der Waals surface area contributed by atoms with Crippen molar-refractivity contribution < 1.29 is 0 Å². The number of anilines is 3. The molecule has 0 spiro atoms. The van der Waals surface area contributed by atoms with Crippen molar-refractivity contribution in [1.82, 2.24) is 4.57 Å². The van der Waals surface area contributed by atoms with Gasteiger partial charge in [-0.25, -0.2) is 0 Å². The Hall–Kier alpha value is -7.20. The molecule has 11 rings (SSSR count). The monoisotopic (exact) mass is 772 g/mol. The molecule has 0 fully saturated rings. The highest BCUT2D eigenvalue weighted by Gasteiger charge is 2.20. The fraction of sp³-hybridized carbons (Fsp3) is 0.0357. The summed E-state index contributed by atoms with van der Waals surface area (Å²) >= 11 is 1.88. The standard InChI is InChI=1S/C56H40N2S/c1-37-30-42(39-14-5-3-6-15-39)34-46(32-37)57(47-33-38(2)31-43(35-47)40-16-7-4-8-17-40)45-28-29-50-49-18-9-11-22-53(49)58(54(50)36-45)44-26-24-41(25-27-44)48-20-13-21-52-51-19-10-12-23-55(51)59-56(48)52/h3-36H,1-2H3. The van der Waals surface area contributed by atoms with Gasteiger partial charge in [-0.2, -0.15) is 0 Å². The van der Waals surface area contributed by atoms with E-state index < -0.39 is 0 Å². The highest BCUT2D eigenvalue weighted by atomic mass is 32.1. The molecule has 0 unspecified atom stereocenters. The van der Waals surface area contributed by atoms with Gasteiger partial charge < -0.3 is 9.47 Å². The summed E-state index contributed by atoms with van der Waals surface area (Å²) in [4.78, 5) is 2.44. The first kappa shape index (κ1) is 35.0. The van der Waals surface area contributed by atoms with Crippen LogP contribution in [0.4, 0.5) is 17.1 Å². The summed E-state index contributed by atoms with van der Waals surface area (Å²) in [5, 5.41) is 5.11. The number of aromatic nitrogens is 1. The van der Waals surface area contributed by atoms with E-state index >= 15 is 0 Å². The van der Waals surface area contributed by atoms with E-state index in [-0.39, 0.29) is 0 Å². The first-order valence-electron chi connectivity index (χ1n) is 20.2. The minimum Gasteiger partial charge on any atom is -0.310 e. The maximum Gasteiger partial charge on any atom is 0.0561 e. The summed E-state index contributed by atoms with van der Waals surface area (Å²) in [6.45, 7) is 4.40. The van der Waals surface area contributed by atoms with Crippen LogP contribution in [0.3, 0.4) is 0 Å². The van der Waals surface area contributed by atoms with Crippen LogP contribution in [-0.2, 0) is 0 Å². The van der Waals surface area contributed by atoms with E-state index in [4.69, 9.17) is 0 Å². The first-order valence-corrected chi connectivity index (χ1v) is 21.1. The zero-order chi connectivity index (χ0) is 39.5. The van der Waals surface area contributed by atoms with Crippen molar-refractivity contribution >= 4 is 70.4 Å². The molecule has 0 aliphatic rings. The highest BCUT2D eigenvalue weighted by Crippen LogP contribution is 2.44. The minimum absolute atomic E-state index is 1.10. The SMILES string of the molecule is Cc1cc(-c2ccccc2)cc(N(c2cc(C)cc(-c3ccccc3)c2)c2ccc3c4ccccc4n(-c4ccc(-c5cccc6c5sc5ccccc56)cc4)c3c2)c1. The van der Waals surface area contributed by atoms with Crippen LogP contribution >= 0.6 is 11.3 Å². The van der Waals surface area contributed by atoms with Gasteiger partial charge in [0, 0.05) is 53.7 Å². The molecule has 2 aromatic heterocycles. The number of para-hydroxylation sites is 1. The fourth-order valence-electron chi connectivity index (χ4n) is 8.97. The van der Waals surface area contributed by atoms with Crippen LogP contribution in [0.2, 0.25) is 0 Å². The van der Waals surface area contributed by atoms with E-state index in [0.717, 1.165) is 22.7 Å². The predicted octanol–water partition coefficient (Wildman–Crippen LogP) is 16.2. The van der Waals surface area contributed by atoms with E-state index in [1.54, 1.807) is 0 Å². The van der Waals surface area contributed by atoms with Gasteiger partial charge in [0.25, 0.3) is 0 Å². The van der Waals surface area contributed by atoms with E-state index in [0.29, 0.717) is 0 Å². The van der Waals surface area contributed by atoms with E-state index in [9.17, 15) is 0 Å². The molecule has 0 aliphatic heterocycles.